The monoisotopic (exact) mass is 898 g/mol. The maximum absolute atomic E-state index is 6.38. The van der Waals surface area contributed by atoms with E-state index in [-0.39, 0.29) is 53.4 Å². The third kappa shape index (κ3) is 39.9. The molecule has 0 aliphatic heterocycles. The first kappa shape index (κ1) is 52.6. The van der Waals surface area contributed by atoms with E-state index in [1.165, 1.54) is 116 Å². The van der Waals surface area contributed by atoms with Gasteiger partial charge in [-0.15, -0.1) is 0 Å². The summed E-state index contributed by atoms with van der Waals surface area (Å²) in [5.41, 5.74) is -0.271. The zero-order chi connectivity index (χ0) is 33.5. The van der Waals surface area contributed by atoms with Crippen molar-refractivity contribution in [1.82, 2.24) is 0 Å². The molecule has 0 saturated heterocycles. The molecule has 0 N–H and O–H groups in total. The minimum Gasteiger partial charge on any atom is -1.00 e. The molecule has 0 saturated carbocycles. The number of quaternary nitrogens is 2. The van der Waals surface area contributed by atoms with Gasteiger partial charge in [0.1, 0.15) is 13.1 Å². The van der Waals surface area contributed by atoms with Crippen LogP contribution >= 0.6 is 0 Å². The minimum absolute atomic E-state index is 0. The molecule has 288 valence electrons. The van der Waals surface area contributed by atoms with Gasteiger partial charge in [0.15, 0.2) is 0 Å². The lowest BCUT2D eigenvalue weighted by Gasteiger charge is -2.34. The van der Waals surface area contributed by atoms with E-state index in [0.717, 1.165) is 61.3 Å². The molecule has 0 heterocycles. The molecule has 8 heteroatoms. The van der Waals surface area contributed by atoms with Crippen molar-refractivity contribution in [2.24, 2.45) is 5.41 Å². The normalized spacial score (nSPS) is 12.3. The molecule has 0 unspecified atom stereocenters. The molecule has 0 fully saturated rings. The minimum atomic E-state index is -0.271. The first-order valence-electron chi connectivity index (χ1n) is 19.5. The van der Waals surface area contributed by atoms with Crippen molar-refractivity contribution in [1.29, 1.82) is 0 Å². The summed E-state index contributed by atoms with van der Waals surface area (Å²) in [4.78, 5) is 0. The maximum Gasteiger partial charge on any atom is 0.102 e. The highest BCUT2D eigenvalue weighted by molar-refractivity contribution is 4.79. The van der Waals surface area contributed by atoms with Crippen LogP contribution in [-0.4, -0.2) is 117 Å². The van der Waals surface area contributed by atoms with Gasteiger partial charge in [-0.1, -0.05) is 129 Å². The van der Waals surface area contributed by atoms with Crippen molar-refractivity contribution in [3.05, 3.63) is 0 Å². The van der Waals surface area contributed by atoms with Gasteiger partial charge in [0.05, 0.1) is 87.3 Å². The van der Waals surface area contributed by atoms with E-state index in [1.54, 1.807) is 0 Å². The Bertz CT molecular complexity index is 563. The quantitative estimate of drug-likeness (QED) is 0.0551. The molecule has 0 aromatic carbocycles. The van der Waals surface area contributed by atoms with Crippen LogP contribution < -0.4 is 48.0 Å². The molecule has 0 aliphatic rings. The highest BCUT2D eigenvalue weighted by Crippen LogP contribution is 2.22. The van der Waals surface area contributed by atoms with Crippen molar-refractivity contribution >= 4 is 0 Å². The molecule has 0 amide bonds. The summed E-state index contributed by atoms with van der Waals surface area (Å²) in [5.74, 6) is 0. The molecule has 0 radical (unpaired) electrons. The number of hydrogen-bond donors (Lipinski definition) is 0. The van der Waals surface area contributed by atoms with E-state index in [0.29, 0.717) is 26.4 Å². The van der Waals surface area contributed by atoms with Gasteiger partial charge >= 0.3 is 0 Å². The first-order chi connectivity index (χ1) is 21.5. The molecular formula is C39H84I2N2O4. The predicted molar refractivity (Wildman–Crippen MR) is 195 cm³/mol. The van der Waals surface area contributed by atoms with Gasteiger partial charge in [-0.2, -0.15) is 0 Å². The van der Waals surface area contributed by atoms with Crippen LogP contribution in [0, 0.1) is 5.41 Å². The van der Waals surface area contributed by atoms with Gasteiger partial charge < -0.3 is 75.9 Å². The lowest BCUT2D eigenvalue weighted by Crippen LogP contribution is -3.00. The average molecular weight is 899 g/mol. The topological polar surface area (TPSA) is 36.9 Å². The molecular weight excluding hydrogens is 814 g/mol. The van der Waals surface area contributed by atoms with E-state index in [2.05, 4.69) is 56.1 Å². The molecule has 0 aliphatic carbocycles. The summed E-state index contributed by atoms with van der Waals surface area (Å²) in [6, 6.07) is 0. The van der Waals surface area contributed by atoms with Crippen molar-refractivity contribution < 1.29 is 75.9 Å². The Labute approximate surface area is 329 Å². The Hall–Kier alpha value is 1.22. The van der Waals surface area contributed by atoms with Crippen molar-refractivity contribution in [3.8, 4) is 0 Å². The zero-order valence-corrected chi connectivity index (χ0v) is 37.3. The van der Waals surface area contributed by atoms with Gasteiger partial charge in [0.25, 0.3) is 0 Å². The standard InChI is InChI=1S/C39H84N2O4.2HI/c1-9-11-13-15-17-19-21-23-25-27-31-42-35-39(37-44-33-29-40(3,4)5,38-45-34-30-41(6,7)8)36-43-32-28-26-24-22-20-18-16-14-12-10-2;;/h9-38H2,1-8H3;2*1H/q+2;;/p-2. The van der Waals surface area contributed by atoms with Crippen molar-refractivity contribution in [2.75, 3.05) is 108 Å². The van der Waals surface area contributed by atoms with Gasteiger partial charge in [-0.3, -0.25) is 0 Å². The third-order valence-electron chi connectivity index (χ3n) is 8.73. The fourth-order valence-corrected chi connectivity index (χ4v) is 5.46. The van der Waals surface area contributed by atoms with E-state index in [4.69, 9.17) is 18.9 Å². The van der Waals surface area contributed by atoms with E-state index in [1.807, 2.05) is 0 Å². The summed E-state index contributed by atoms with van der Waals surface area (Å²) < 4.78 is 27.2. The summed E-state index contributed by atoms with van der Waals surface area (Å²) >= 11 is 0. The highest BCUT2D eigenvalue weighted by atomic mass is 127. The second kappa shape index (κ2) is 35.6. The highest BCUT2D eigenvalue weighted by Gasteiger charge is 2.33. The van der Waals surface area contributed by atoms with Crippen LogP contribution in [0.15, 0.2) is 0 Å². The number of rotatable bonds is 36. The Morgan fingerprint density at radius 3 is 0.830 bits per heavy atom. The number of nitrogens with zero attached hydrogens (tertiary/aromatic N) is 2. The largest absolute Gasteiger partial charge is 1.00 e. The second-order valence-electron chi connectivity index (χ2n) is 16.1. The smallest absolute Gasteiger partial charge is 0.102 e. The summed E-state index contributed by atoms with van der Waals surface area (Å²) in [7, 11) is 13.3. The van der Waals surface area contributed by atoms with E-state index in [9.17, 15) is 0 Å². The second-order valence-corrected chi connectivity index (χ2v) is 16.1. The Morgan fingerprint density at radius 2 is 0.574 bits per heavy atom. The lowest BCUT2D eigenvalue weighted by atomic mass is 9.92. The molecule has 47 heavy (non-hydrogen) atoms. The van der Waals surface area contributed by atoms with Crippen molar-refractivity contribution in [3.63, 3.8) is 0 Å². The zero-order valence-electron chi connectivity index (χ0n) is 33.0. The number of likely N-dealkylation sites (N-methyl/N-ethyl adjacent to an activating group) is 2. The number of ether oxygens (including phenoxy) is 4. The molecule has 0 aromatic heterocycles. The summed E-state index contributed by atoms with van der Waals surface area (Å²) in [6.45, 7) is 12.2. The number of hydrogen-bond acceptors (Lipinski definition) is 4. The third-order valence-corrected chi connectivity index (χ3v) is 8.73. The van der Waals surface area contributed by atoms with Gasteiger partial charge in [0, 0.05) is 13.2 Å². The van der Waals surface area contributed by atoms with Gasteiger partial charge in [-0.05, 0) is 12.8 Å². The van der Waals surface area contributed by atoms with Crippen molar-refractivity contribution in [2.45, 2.75) is 142 Å². The van der Waals surface area contributed by atoms with Crippen LogP contribution in [0.2, 0.25) is 0 Å². The fraction of sp³-hybridized carbons (Fsp3) is 1.00. The van der Waals surface area contributed by atoms with Crippen LogP contribution in [0.5, 0.6) is 0 Å². The van der Waals surface area contributed by atoms with Crippen LogP contribution in [0.3, 0.4) is 0 Å². The van der Waals surface area contributed by atoms with Crippen LogP contribution in [0.1, 0.15) is 142 Å². The number of halogens is 2. The molecule has 0 rings (SSSR count). The van der Waals surface area contributed by atoms with Crippen LogP contribution in [0.4, 0.5) is 0 Å². The summed E-state index contributed by atoms with van der Waals surface area (Å²) in [6.07, 6.45) is 26.8. The fourth-order valence-electron chi connectivity index (χ4n) is 5.46. The van der Waals surface area contributed by atoms with Gasteiger partial charge in [0.2, 0.25) is 0 Å². The molecule has 0 aromatic rings. The molecule has 6 nitrogen and oxygen atoms in total. The predicted octanol–water partition coefficient (Wildman–Crippen LogP) is 3.30. The molecule has 0 spiro atoms. The average Bonchev–Trinajstić information content (AvgIpc) is 2.97. The Morgan fingerprint density at radius 1 is 0.340 bits per heavy atom. The number of unbranched alkanes of at least 4 members (excludes halogenated alkanes) is 18. The van der Waals surface area contributed by atoms with Crippen LogP contribution in [0.25, 0.3) is 0 Å². The van der Waals surface area contributed by atoms with E-state index < -0.39 is 0 Å². The van der Waals surface area contributed by atoms with E-state index >= 15 is 0 Å². The maximum atomic E-state index is 6.38. The molecule has 0 atom stereocenters. The lowest BCUT2D eigenvalue weighted by molar-refractivity contribution is -0.870. The summed E-state index contributed by atoms with van der Waals surface area (Å²) in [5, 5.41) is 0. The Balaban J connectivity index is -0.00000968. The molecule has 0 bridgehead atoms. The van der Waals surface area contributed by atoms with Gasteiger partial charge in [-0.25, -0.2) is 0 Å². The SMILES string of the molecule is CCCCCCCCCCCCOCC(COCCCCCCCCCCCC)(COCC[N+](C)(C)C)COCC[N+](C)(C)C.[I-].[I-]. The van der Waals surface area contributed by atoms with Crippen LogP contribution in [-0.2, 0) is 18.9 Å². The first-order valence-corrected chi connectivity index (χ1v) is 19.5. The Kier molecular flexibility index (Phi) is 39.8.